The molecule has 1 aliphatic heterocycles. The highest BCUT2D eigenvalue weighted by atomic mass is 19.3. The van der Waals surface area contributed by atoms with Crippen molar-refractivity contribution in [2.45, 2.75) is 12.7 Å². The van der Waals surface area contributed by atoms with Crippen LogP contribution in [0.1, 0.15) is 5.56 Å². The molecule has 0 aliphatic carbocycles. The van der Waals surface area contributed by atoms with E-state index in [9.17, 15) is 8.78 Å². The van der Waals surface area contributed by atoms with Crippen LogP contribution >= 0.6 is 0 Å². The number of halogens is 2. The van der Waals surface area contributed by atoms with Gasteiger partial charge in [-0.15, -0.1) is 8.78 Å². The van der Waals surface area contributed by atoms with Gasteiger partial charge in [0.05, 0.1) is 7.11 Å². The van der Waals surface area contributed by atoms with Gasteiger partial charge in [0.1, 0.15) is 5.75 Å². The summed E-state index contributed by atoms with van der Waals surface area (Å²) in [5, 5.41) is 0. The summed E-state index contributed by atoms with van der Waals surface area (Å²) in [6, 6.07) is 10.3. The van der Waals surface area contributed by atoms with Crippen molar-refractivity contribution in [1.29, 1.82) is 0 Å². The highest BCUT2D eigenvalue weighted by Gasteiger charge is 2.43. The van der Waals surface area contributed by atoms with Gasteiger partial charge in [-0.1, -0.05) is 12.1 Å². The molecular formula is C19H18F2N2O3. The normalized spacial score (nSPS) is 15.5. The molecule has 3 rings (SSSR count). The lowest BCUT2D eigenvalue weighted by atomic mass is 9.99. The minimum absolute atomic E-state index is 0.00218. The summed E-state index contributed by atoms with van der Waals surface area (Å²) in [6.07, 6.45) is 0.0924. The van der Waals surface area contributed by atoms with Crippen LogP contribution in [0.5, 0.6) is 17.2 Å². The Labute approximate surface area is 149 Å². The van der Waals surface area contributed by atoms with E-state index < -0.39 is 6.29 Å². The number of aliphatic imine (C=N–C) groups is 1. The second-order valence-electron chi connectivity index (χ2n) is 5.61. The van der Waals surface area contributed by atoms with Crippen LogP contribution in [0.3, 0.4) is 0 Å². The molecule has 136 valence electrons. The average molecular weight is 360 g/mol. The molecule has 0 spiro atoms. The Morgan fingerprint density at radius 3 is 2.65 bits per heavy atom. The quantitative estimate of drug-likeness (QED) is 0.825. The summed E-state index contributed by atoms with van der Waals surface area (Å²) in [5.74, 6) is 0.605. The second-order valence-corrected chi connectivity index (χ2v) is 5.61. The van der Waals surface area contributed by atoms with Crippen molar-refractivity contribution in [3.8, 4) is 28.4 Å². The summed E-state index contributed by atoms with van der Waals surface area (Å²) < 4.78 is 40.9. The first-order valence-corrected chi connectivity index (χ1v) is 7.87. The maximum atomic E-state index is 13.2. The Hall–Kier alpha value is -3.09. The molecule has 0 saturated carbocycles. The maximum absolute atomic E-state index is 13.2. The predicted octanol–water partition coefficient (Wildman–Crippen LogP) is 3.77. The van der Waals surface area contributed by atoms with Crippen molar-refractivity contribution in [2.75, 3.05) is 14.2 Å². The van der Waals surface area contributed by atoms with Crippen molar-refractivity contribution < 1.29 is 23.0 Å². The van der Waals surface area contributed by atoms with Gasteiger partial charge in [-0.05, 0) is 47.7 Å². The number of nitrogens with zero attached hydrogens (tertiary/aromatic N) is 1. The topological polar surface area (TPSA) is 66.1 Å². The van der Waals surface area contributed by atoms with Gasteiger partial charge in [0, 0.05) is 24.7 Å². The monoisotopic (exact) mass is 360 g/mol. The molecule has 26 heavy (non-hydrogen) atoms. The van der Waals surface area contributed by atoms with E-state index in [2.05, 4.69) is 14.5 Å². The average Bonchev–Trinajstić information content (AvgIpc) is 2.94. The number of benzene rings is 2. The Morgan fingerprint density at radius 1 is 1.19 bits per heavy atom. The molecule has 0 amide bonds. The standard InChI is InChI=1S/C19H18F2N2O3/c1-23-14(7-8-22)9-12-3-5-16(24-2)15(10-12)13-4-6-17-18(11-13)26-19(20,21)25-17/h3-8,10-11H,9,22H2,1-2H3. The molecule has 2 N–H and O–H groups in total. The predicted molar refractivity (Wildman–Crippen MR) is 95.0 cm³/mol. The van der Waals surface area contributed by atoms with Crippen LogP contribution in [-0.4, -0.2) is 26.2 Å². The molecule has 0 atom stereocenters. The molecule has 0 saturated heterocycles. The number of hydrogen-bond acceptors (Lipinski definition) is 5. The van der Waals surface area contributed by atoms with Gasteiger partial charge in [-0.25, -0.2) is 0 Å². The van der Waals surface area contributed by atoms with Gasteiger partial charge < -0.3 is 19.9 Å². The number of hydrogen-bond donors (Lipinski definition) is 1. The van der Waals surface area contributed by atoms with Gasteiger partial charge in [-0.2, -0.15) is 0 Å². The third-order valence-corrected chi connectivity index (χ3v) is 3.94. The van der Waals surface area contributed by atoms with Crippen LogP contribution in [0, 0.1) is 0 Å². The Balaban J connectivity index is 1.98. The van der Waals surface area contributed by atoms with Crippen molar-refractivity contribution >= 4 is 5.71 Å². The zero-order chi connectivity index (χ0) is 18.7. The lowest BCUT2D eigenvalue weighted by Crippen LogP contribution is -2.25. The fraction of sp³-hybridized carbons (Fsp3) is 0.211. The van der Waals surface area contributed by atoms with E-state index in [1.54, 1.807) is 26.3 Å². The summed E-state index contributed by atoms with van der Waals surface area (Å²) in [7, 11) is 3.24. The summed E-state index contributed by atoms with van der Waals surface area (Å²) in [4.78, 5) is 4.18. The number of fused-ring (bicyclic) bond motifs is 1. The molecule has 5 nitrogen and oxygen atoms in total. The second kappa shape index (κ2) is 7.03. The SMILES string of the molecule is CN=C(C=CN)Cc1ccc(OC)c(-c2ccc3c(c2)OC(F)(F)O3)c1. The molecule has 0 unspecified atom stereocenters. The molecule has 1 aliphatic rings. The lowest BCUT2D eigenvalue weighted by molar-refractivity contribution is -0.286. The minimum Gasteiger partial charge on any atom is -0.496 e. The molecule has 2 aromatic rings. The fourth-order valence-electron chi connectivity index (χ4n) is 2.74. The largest absolute Gasteiger partial charge is 0.586 e. The van der Waals surface area contributed by atoms with Crippen LogP contribution in [0.25, 0.3) is 11.1 Å². The lowest BCUT2D eigenvalue weighted by Gasteiger charge is -2.12. The summed E-state index contributed by atoms with van der Waals surface area (Å²) >= 11 is 0. The van der Waals surface area contributed by atoms with E-state index in [4.69, 9.17) is 10.5 Å². The first-order chi connectivity index (χ1) is 12.5. The van der Waals surface area contributed by atoms with Gasteiger partial charge in [-0.3, -0.25) is 4.99 Å². The number of methoxy groups -OCH3 is 1. The van der Waals surface area contributed by atoms with Gasteiger partial charge in [0.25, 0.3) is 0 Å². The zero-order valence-corrected chi connectivity index (χ0v) is 14.3. The van der Waals surface area contributed by atoms with E-state index in [1.165, 1.54) is 18.3 Å². The molecule has 0 fully saturated rings. The van der Waals surface area contributed by atoms with Crippen LogP contribution in [-0.2, 0) is 6.42 Å². The number of allylic oxidation sites excluding steroid dienone is 1. The highest BCUT2D eigenvalue weighted by molar-refractivity contribution is 5.96. The van der Waals surface area contributed by atoms with Crippen LogP contribution in [0.15, 0.2) is 53.7 Å². The minimum atomic E-state index is -3.64. The van der Waals surface area contributed by atoms with E-state index in [0.717, 1.165) is 16.8 Å². The Kier molecular flexibility index (Phi) is 4.79. The fourth-order valence-corrected chi connectivity index (χ4v) is 2.74. The number of ether oxygens (including phenoxy) is 3. The van der Waals surface area contributed by atoms with Crippen LogP contribution in [0.4, 0.5) is 8.78 Å². The molecule has 7 heteroatoms. The highest BCUT2D eigenvalue weighted by Crippen LogP contribution is 2.44. The van der Waals surface area contributed by atoms with E-state index in [0.29, 0.717) is 17.7 Å². The van der Waals surface area contributed by atoms with E-state index >= 15 is 0 Å². The van der Waals surface area contributed by atoms with Crippen LogP contribution < -0.4 is 19.9 Å². The van der Waals surface area contributed by atoms with Crippen molar-refractivity contribution in [1.82, 2.24) is 0 Å². The van der Waals surface area contributed by atoms with Crippen molar-refractivity contribution in [3.05, 3.63) is 54.2 Å². The van der Waals surface area contributed by atoms with E-state index in [1.807, 2.05) is 18.2 Å². The zero-order valence-electron chi connectivity index (χ0n) is 14.3. The van der Waals surface area contributed by atoms with Gasteiger partial charge in [0.2, 0.25) is 0 Å². The maximum Gasteiger partial charge on any atom is 0.586 e. The molecule has 2 aromatic carbocycles. The van der Waals surface area contributed by atoms with Crippen molar-refractivity contribution in [2.24, 2.45) is 10.7 Å². The van der Waals surface area contributed by atoms with Gasteiger partial charge in [0.15, 0.2) is 11.5 Å². The molecule has 0 bridgehead atoms. The molecule has 1 heterocycles. The van der Waals surface area contributed by atoms with Crippen LogP contribution in [0.2, 0.25) is 0 Å². The number of rotatable bonds is 5. The third kappa shape index (κ3) is 3.61. The number of nitrogens with two attached hydrogens (primary N) is 1. The smallest absolute Gasteiger partial charge is 0.496 e. The Morgan fingerprint density at radius 2 is 1.96 bits per heavy atom. The van der Waals surface area contributed by atoms with E-state index in [-0.39, 0.29) is 11.5 Å². The Bertz CT molecular complexity index is 879. The van der Waals surface area contributed by atoms with Crippen molar-refractivity contribution in [3.63, 3.8) is 0 Å². The van der Waals surface area contributed by atoms with Gasteiger partial charge >= 0.3 is 6.29 Å². The summed E-state index contributed by atoms with van der Waals surface area (Å²) in [6.45, 7) is 0. The first kappa shape index (κ1) is 17.7. The molecule has 0 aromatic heterocycles. The first-order valence-electron chi connectivity index (χ1n) is 7.87. The third-order valence-electron chi connectivity index (χ3n) is 3.94. The molecule has 0 radical (unpaired) electrons. The number of alkyl halides is 2. The summed E-state index contributed by atoms with van der Waals surface area (Å²) in [5.41, 5.74) is 8.64. The molecular weight excluding hydrogens is 342 g/mol.